The Hall–Kier alpha value is -1.75. The van der Waals surface area contributed by atoms with Gasteiger partial charge >= 0.3 is 0 Å². The molecule has 5 heteroatoms. The highest BCUT2D eigenvalue weighted by Gasteiger charge is 2.07. The first-order valence-electron chi connectivity index (χ1n) is 5.06. The van der Waals surface area contributed by atoms with E-state index in [1.807, 2.05) is 6.92 Å². The normalized spacial score (nSPS) is 11.4. The summed E-state index contributed by atoms with van der Waals surface area (Å²) in [5.41, 5.74) is 1.79. The van der Waals surface area contributed by atoms with Gasteiger partial charge in [-0.25, -0.2) is 18.4 Å². The van der Waals surface area contributed by atoms with E-state index < -0.39 is 9.84 Å². The van der Waals surface area contributed by atoms with Gasteiger partial charge in [-0.2, -0.15) is 0 Å². The molecule has 0 aliphatic carbocycles. The van der Waals surface area contributed by atoms with Crippen LogP contribution in [0.3, 0.4) is 0 Å². The van der Waals surface area contributed by atoms with E-state index in [9.17, 15) is 8.42 Å². The second-order valence-corrected chi connectivity index (χ2v) is 5.90. The van der Waals surface area contributed by atoms with Crippen LogP contribution in [0, 0.1) is 6.92 Å². The molecule has 0 saturated heterocycles. The van der Waals surface area contributed by atoms with Crippen molar-refractivity contribution in [2.45, 2.75) is 11.8 Å². The third-order valence-electron chi connectivity index (χ3n) is 2.32. The summed E-state index contributed by atoms with van der Waals surface area (Å²) in [5, 5.41) is 0. The summed E-state index contributed by atoms with van der Waals surface area (Å²) < 4.78 is 22.6. The van der Waals surface area contributed by atoms with Gasteiger partial charge in [0.15, 0.2) is 15.7 Å². The van der Waals surface area contributed by atoms with E-state index in [4.69, 9.17) is 0 Å². The number of aryl methyl sites for hydroxylation is 1. The van der Waals surface area contributed by atoms with Crippen LogP contribution >= 0.6 is 0 Å². The fraction of sp³-hybridized carbons (Fsp3) is 0.167. The lowest BCUT2D eigenvalue weighted by molar-refractivity contribution is 0.602. The van der Waals surface area contributed by atoms with Crippen molar-refractivity contribution in [2.24, 2.45) is 0 Å². The molecule has 0 aliphatic rings. The van der Waals surface area contributed by atoms with Gasteiger partial charge in [0.05, 0.1) is 4.90 Å². The summed E-state index contributed by atoms with van der Waals surface area (Å²) in [5.74, 6) is 0.593. The maximum atomic E-state index is 11.3. The molecule has 0 spiro atoms. The predicted molar refractivity (Wildman–Crippen MR) is 65.3 cm³/mol. The van der Waals surface area contributed by atoms with Crippen molar-refractivity contribution < 1.29 is 8.42 Å². The maximum Gasteiger partial charge on any atom is 0.175 e. The Bertz CT molecular complexity index is 617. The van der Waals surface area contributed by atoms with Crippen molar-refractivity contribution >= 4 is 9.84 Å². The van der Waals surface area contributed by atoms with Gasteiger partial charge in [-0.15, -0.1) is 0 Å². The molecule has 0 fully saturated rings. The van der Waals surface area contributed by atoms with Crippen LogP contribution in [-0.4, -0.2) is 24.6 Å². The van der Waals surface area contributed by atoms with E-state index >= 15 is 0 Å². The Morgan fingerprint density at radius 2 is 1.53 bits per heavy atom. The second kappa shape index (κ2) is 4.25. The van der Waals surface area contributed by atoms with Crippen LogP contribution in [0.2, 0.25) is 0 Å². The molecular formula is C12H12N2O2S. The van der Waals surface area contributed by atoms with E-state index in [0.29, 0.717) is 10.7 Å². The van der Waals surface area contributed by atoms with E-state index in [1.54, 1.807) is 36.7 Å². The molecule has 0 unspecified atom stereocenters. The molecule has 0 atom stereocenters. The minimum atomic E-state index is -3.15. The summed E-state index contributed by atoms with van der Waals surface area (Å²) in [6, 6.07) is 6.55. The van der Waals surface area contributed by atoms with Crippen molar-refractivity contribution in [2.75, 3.05) is 6.26 Å². The molecule has 0 aliphatic heterocycles. The van der Waals surface area contributed by atoms with Gasteiger partial charge < -0.3 is 0 Å². The monoisotopic (exact) mass is 248 g/mol. The molecule has 0 bridgehead atoms. The number of nitrogens with zero attached hydrogens (tertiary/aromatic N) is 2. The van der Waals surface area contributed by atoms with Crippen molar-refractivity contribution in [3.05, 3.63) is 42.2 Å². The van der Waals surface area contributed by atoms with Gasteiger partial charge in [0.1, 0.15) is 0 Å². The van der Waals surface area contributed by atoms with E-state index in [0.717, 1.165) is 11.1 Å². The number of rotatable bonds is 2. The SMILES string of the molecule is Cc1cnc(-c2ccc(S(C)(=O)=O)cc2)nc1. The zero-order chi connectivity index (χ0) is 12.5. The molecule has 17 heavy (non-hydrogen) atoms. The average molecular weight is 248 g/mol. The minimum absolute atomic E-state index is 0.299. The second-order valence-electron chi connectivity index (χ2n) is 3.88. The lowest BCUT2D eigenvalue weighted by Crippen LogP contribution is -1.96. The van der Waals surface area contributed by atoms with Crippen LogP contribution in [0.5, 0.6) is 0 Å². The molecule has 0 amide bonds. The Labute approximate surface area is 100 Å². The molecule has 0 saturated carbocycles. The Morgan fingerprint density at radius 1 is 1.00 bits per heavy atom. The molecule has 4 nitrogen and oxygen atoms in total. The zero-order valence-corrected chi connectivity index (χ0v) is 10.4. The van der Waals surface area contributed by atoms with Gasteiger partial charge in [0.2, 0.25) is 0 Å². The Morgan fingerprint density at radius 3 is 2.00 bits per heavy atom. The predicted octanol–water partition coefficient (Wildman–Crippen LogP) is 1.86. The summed E-state index contributed by atoms with van der Waals surface area (Å²) in [7, 11) is -3.15. The number of benzene rings is 1. The highest BCUT2D eigenvalue weighted by atomic mass is 32.2. The number of hydrogen-bond acceptors (Lipinski definition) is 4. The summed E-state index contributed by atoms with van der Waals surface area (Å²) in [6.45, 7) is 1.91. The third kappa shape index (κ3) is 2.68. The number of aromatic nitrogens is 2. The van der Waals surface area contributed by atoms with Crippen LogP contribution in [0.25, 0.3) is 11.4 Å². The summed E-state index contributed by atoms with van der Waals surface area (Å²) in [6.07, 6.45) is 4.64. The van der Waals surface area contributed by atoms with Crippen molar-refractivity contribution in [1.82, 2.24) is 9.97 Å². The highest BCUT2D eigenvalue weighted by molar-refractivity contribution is 7.90. The molecule has 2 rings (SSSR count). The first-order valence-corrected chi connectivity index (χ1v) is 6.95. The molecule has 88 valence electrons. The smallest absolute Gasteiger partial charge is 0.175 e. The van der Waals surface area contributed by atoms with Gasteiger partial charge in [-0.1, -0.05) is 0 Å². The van der Waals surface area contributed by atoms with Crippen LogP contribution in [0.4, 0.5) is 0 Å². The van der Waals surface area contributed by atoms with E-state index in [2.05, 4.69) is 9.97 Å². The van der Waals surface area contributed by atoms with Crippen LogP contribution in [0.15, 0.2) is 41.6 Å². The quantitative estimate of drug-likeness (QED) is 0.813. The van der Waals surface area contributed by atoms with Gasteiger partial charge in [0.25, 0.3) is 0 Å². The van der Waals surface area contributed by atoms with Gasteiger partial charge in [-0.3, -0.25) is 0 Å². The average Bonchev–Trinajstić information content (AvgIpc) is 2.29. The molecule has 2 aromatic rings. The Kier molecular flexibility index (Phi) is 2.93. The summed E-state index contributed by atoms with van der Waals surface area (Å²) in [4.78, 5) is 8.66. The molecule has 1 aromatic heterocycles. The zero-order valence-electron chi connectivity index (χ0n) is 9.58. The molecule has 0 N–H and O–H groups in total. The maximum absolute atomic E-state index is 11.3. The standard InChI is InChI=1S/C12H12N2O2S/c1-9-7-13-12(14-8-9)10-3-5-11(6-4-10)17(2,15)16/h3-8H,1-2H3. The molecule has 1 aromatic carbocycles. The van der Waals surface area contributed by atoms with Gasteiger partial charge in [0, 0.05) is 24.2 Å². The van der Waals surface area contributed by atoms with Crippen LogP contribution in [-0.2, 0) is 9.84 Å². The topological polar surface area (TPSA) is 59.9 Å². The van der Waals surface area contributed by atoms with E-state index in [1.165, 1.54) is 6.26 Å². The molecule has 0 radical (unpaired) electrons. The molecular weight excluding hydrogens is 236 g/mol. The van der Waals surface area contributed by atoms with E-state index in [-0.39, 0.29) is 0 Å². The van der Waals surface area contributed by atoms with Crippen molar-refractivity contribution in [3.63, 3.8) is 0 Å². The first kappa shape index (κ1) is 11.7. The third-order valence-corrected chi connectivity index (χ3v) is 3.45. The van der Waals surface area contributed by atoms with Crippen molar-refractivity contribution in [3.8, 4) is 11.4 Å². The first-order chi connectivity index (χ1) is 7.97. The summed E-state index contributed by atoms with van der Waals surface area (Å²) >= 11 is 0. The lowest BCUT2D eigenvalue weighted by atomic mass is 10.2. The van der Waals surface area contributed by atoms with Crippen LogP contribution in [0.1, 0.15) is 5.56 Å². The van der Waals surface area contributed by atoms with Crippen LogP contribution < -0.4 is 0 Å². The van der Waals surface area contributed by atoms with Crippen molar-refractivity contribution in [1.29, 1.82) is 0 Å². The highest BCUT2D eigenvalue weighted by Crippen LogP contribution is 2.17. The minimum Gasteiger partial charge on any atom is -0.236 e. The Balaban J connectivity index is 2.39. The number of hydrogen-bond donors (Lipinski definition) is 0. The fourth-order valence-electron chi connectivity index (χ4n) is 1.39. The largest absolute Gasteiger partial charge is 0.236 e. The fourth-order valence-corrected chi connectivity index (χ4v) is 2.02. The lowest BCUT2D eigenvalue weighted by Gasteiger charge is -2.02. The number of sulfone groups is 1. The molecule has 1 heterocycles. The van der Waals surface area contributed by atoms with Gasteiger partial charge in [-0.05, 0) is 36.8 Å².